The number of nitrogen functional groups attached to an aromatic ring is 1. The monoisotopic (exact) mass is 329 g/mol. The Hall–Kier alpha value is -2.98. The first-order chi connectivity index (χ1) is 11.0. The first kappa shape index (κ1) is 16.4. The van der Waals surface area contributed by atoms with Crippen molar-refractivity contribution in [3.8, 4) is 17.6 Å². The highest BCUT2D eigenvalue weighted by Gasteiger charge is 2.18. The molecule has 6 nitrogen and oxygen atoms in total. The van der Waals surface area contributed by atoms with Gasteiger partial charge in [0, 0.05) is 16.5 Å². The lowest BCUT2D eigenvalue weighted by atomic mass is 10.0. The Bertz CT molecular complexity index is 805. The van der Waals surface area contributed by atoms with Crippen LogP contribution in [0.4, 0.5) is 5.69 Å². The van der Waals surface area contributed by atoms with Crippen molar-refractivity contribution >= 4 is 28.4 Å². The third-order valence-electron chi connectivity index (χ3n) is 3.17. The van der Waals surface area contributed by atoms with Crippen molar-refractivity contribution in [1.82, 2.24) is 4.98 Å². The summed E-state index contributed by atoms with van der Waals surface area (Å²) >= 11 is 1.37. The predicted octanol–water partition coefficient (Wildman–Crippen LogP) is 3.25. The molecule has 1 heterocycles. The van der Waals surface area contributed by atoms with E-state index in [-0.39, 0.29) is 17.0 Å². The average Bonchev–Trinajstić information content (AvgIpc) is 3.08. The molecule has 0 spiro atoms. The van der Waals surface area contributed by atoms with E-state index in [2.05, 4.69) is 11.6 Å². The summed E-state index contributed by atoms with van der Waals surface area (Å²) in [4.78, 5) is 4.09. The molecule has 0 aliphatic carbocycles. The van der Waals surface area contributed by atoms with Crippen molar-refractivity contribution in [1.29, 1.82) is 5.26 Å². The molecule has 0 radical (unpaired) electrons. The number of ether oxygens (including phenoxy) is 2. The van der Waals surface area contributed by atoms with Crippen LogP contribution in [0.2, 0.25) is 0 Å². The molecule has 0 fully saturated rings. The number of aliphatic hydroxyl groups is 1. The average molecular weight is 329 g/mol. The lowest BCUT2D eigenvalue weighted by Gasteiger charge is -2.13. The number of rotatable bonds is 5. The number of thiazole rings is 1. The van der Waals surface area contributed by atoms with E-state index in [1.165, 1.54) is 37.7 Å². The number of aromatic nitrogens is 1. The minimum Gasteiger partial charge on any atom is -0.506 e. The molecule has 0 aliphatic rings. The molecule has 0 saturated heterocycles. The van der Waals surface area contributed by atoms with Crippen LogP contribution < -0.4 is 15.2 Å². The van der Waals surface area contributed by atoms with E-state index < -0.39 is 0 Å². The van der Waals surface area contributed by atoms with Crippen molar-refractivity contribution in [2.24, 2.45) is 0 Å². The number of nitrogens with zero attached hydrogens (tertiary/aromatic N) is 2. The summed E-state index contributed by atoms with van der Waals surface area (Å²) in [5, 5.41) is 21.6. The van der Waals surface area contributed by atoms with Crippen LogP contribution in [0.15, 0.2) is 35.2 Å². The summed E-state index contributed by atoms with van der Waals surface area (Å²) in [6, 6.07) is 5.00. The number of aliphatic hydroxyl groups excluding tert-OH is 1. The second kappa shape index (κ2) is 6.85. The summed E-state index contributed by atoms with van der Waals surface area (Å²) in [5.74, 6) is 0.463. The van der Waals surface area contributed by atoms with Gasteiger partial charge in [0.05, 0.1) is 31.1 Å². The van der Waals surface area contributed by atoms with Crippen LogP contribution >= 0.6 is 11.3 Å². The third-order valence-corrected chi connectivity index (χ3v) is 3.76. The van der Waals surface area contributed by atoms with Gasteiger partial charge >= 0.3 is 0 Å². The normalized spacial score (nSPS) is 11.3. The number of hydrogen-bond donors (Lipinski definition) is 2. The van der Waals surface area contributed by atoms with Gasteiger partial charge in [0.25, 0.3) is 0 Å². The molecule has 1 aromatic carbocycles. The SMILES string of the molecule is C=C(/C(C#N)=C(\O)c1cc(N)c(OC)c(OC)c1)c1cscn1. The molecule has 118 valence electrons. The first-order valence-corrected chi connectivity index (χ1v) is 7.40. The van der Waals surface area contributed by atoms with E-state index in [1.807, 2.05) is 6.07 Å². The van der Waals surface area contributed by atoms with E-state index in [1.54, 1.807) is 10.9 Å². The third kappa shape index (κ3) is 3.12. The van der Waals surface area contributed by atoms with E-state index in [0.29, 0.717) is 28.3 Å². The Morgan fingerprint density at radius 1 is 1.39 bits per heavy atom. The van der Waals surface area contributed by atoms with Crippen LogP contribution in [0.25, 0.3) is 11.3 Å². The smallest absolute Gasteiger partial charge is 0.183 e. The minimum atomic E-state index is -0.252. The van der Waals surface area contributed by atoms with Gasteiger partial charge in [-0.2, -0.15) is 5.26 Å². The molecule has 0 bridgehead atoms. The van der Waals surface area contributed by atoms with Gasteiger partial charge in [-0.1, -0.05) is 6.58 Å². The zero-order chi connectivity index (χ0) is 17.0. The van der Waals surface area contributed by atoms with Gasteiger partial charge in [-0.25, -0.2) is 4.98 Å². The second-order valence-electron chi connectivity index (χ2n) is 4.49. The molecule has 3 N–H and O–H groups in total. The van der Waals surface area contributed by atoms with E-state index in [4.69, 9.17) is 15.2 Å². The van der Waals surface area contributed by atoms with Crippen molar-refractivity contribution in [2.75, 3.05) is 20.0 Å². The van der Waals surface area contributed by atoms with Crippen LogP contribution in [0.3, 0.4) is 0 Å². The van der Waals surface area contributed by atoms with E-state index >= 15 is 0 Å². The molecular weight excluding hydrogens is 314 g/mol. The number of allylic oxidation sites excluding steroid dienone is 2. The Morgan fingerprint density at radius 2 is 2.13 bits per heavy atom. The maximum absolute atomic E-state index is 10.5. The van der Waals surface area contributed by atoms with Crippen molar-refractivity contribution in [3.63, 3.8) is 0 Å². The standard InChI is InChI=1S/C16H15N3O3S/c1-9(13-7-23-8-19-13)11(6-17)15(20)10-4-12(18)16(22-3)14(5-10)21-2/h4-5,7-8,20H,1,18H2,2-3H3/b15-11-. The molecule has 0 unspecified atom stereocenters. The second-order valence-corrected chi connectivity index (χ2v) is 5.21. The molecular formula is C16H15N3O3S. The lowest BCUT2D eigenvalue weighted by Crippen LogP contribution is -2.00. The highest BCUT2D eigenvalue weighted by atomic mass is 32.1. The molecule has 0 amide bonds. The molecule has 0 atom stereocenters. The number of benzene rings is 1. The number of nitriles is 1. The van der Waals surface area contributed by atoms with E-state index in [0.717, 1.165) is 0 Å². The van der Waals surface area contributed by atoms with Crippen LogP contribution in [0, 0.1) is 11.3 Å². The highest BCUT2D eigenvalue weighted by Crippen LogP contribution is 2.37. The van der Waals surface area contributed by atoms with Crippen molar-refractivity contribution in [3.05, 3.63) is 46.4 Å². The zero-order valence-corrected chi connectivity index (χ0v) is 13.5. The summed E-state index contributed by atoms with van der Waals surface area (Å²) in [7, 11) is 2.93. The van der Waals surface area contributed by atoms with Gasteiger partial charge in [-0.05, 0) is 12.1 Å². The predicted molar refractivity (Wildman–Crippen MR) is 90.3 cm³/mol. The van der Waals surface area contributed by atoms with Gasteiger partial charge in [-0.15, -0.1) is 11.3 Å². The van der Waals surface area contributed by atoms with Gasteiger partial charge in [0.1, 0.15) is 17.4 Å². The van der Waals surface area contributed by atoms with Gasteiger partial charge in [-0.3, -0.25) is 0 Å². The minimum absolute atomic E-state index is 0.0162. The molecule has 1 aromatic heterocycles. The zero-order valence-electron chi connectivity index (χ0n) is 12.7. The lowest BCUT2D eigenvalue weighted by molar-refractivity contribution is 0.356. The van der Waals surface area contributed by atoms with Crippen LogP contribution in [-0.2, 0) is 0 Å². The van der Waals surface area contributed by atoms with Crippen LogP contribution in [-0.4, -0.2) is 24.3 Å². The highest BCUT2D eigenvalue weighted by molar-refractivity contribution is 7.07. The molecule has 0 saturated carbocycles. The van der Waals surface area contributed by atoms with E-state index in [9.17, 15) is 10.4 Å². The fraction of sp³-hybridized carbons (Fsp3) is 0.125. The summed E-state index contributed by atoms with van der Waals surface area (Å²) in [5.41, 5.74) is 9.02. The van der Waals surface area contributed by atoms with Crippen molar-refractivity contribution < 1.29 is 14.6 Å². The molecule has 7 heteroatoms. The van der Waals surface area contributed by atoms with Gasteiger partial charge in [0.15, 0.2) is 11.5 Å². The molecule has 2 aromatic rings. The largest absolute Gasteiger partial charge is 0.506 e. The topological polar surface area (TPSA) is 101 Å². The van der Waals surface area contributed by atoms with Crippen LogP contribution in [0.1, 0.15) is 11.3 Å². The fourth-order valence-corrected chi connectivity index (χ4v) is 2.60. The number of anilines is 1. The molecule has 2 rings (SSSR count). The summed E-state index contributed by atoms with van der Waals surface area (Å²) in [6.45, 7) is 3.83. The Kier molecular flexibility index (Phi) is 4.88. The first-order valence-electron chi connectivity index (χ1n) is 6.46. The number of hydrogen-bond acceptors (Lipinski definition) is 7. The summed E-state index contributed by atoms with van der Waals surface area (Å²) < 4.78 is 10.4. The Balaban J connectivity index is 2.57. The summed E-state index contributed by atoms with van der Waals surface area (Å²) in [6.07, 6.45) is 0. The number of nitrogens with two attached hydrogens (primary N) is 1. The number of methoxy groups -OCH3 is 2. The Morgan fingerprint density at radius 3 is 2.65 bits per heavy atom. The van der Waals surface area contributed by atoms with Gasteiger partial charge in [0.2, 0.25) is 0 Å². The maximum atomic E-state index is 10.5. The van der Waals surface area contributed by atoms with Crippen molar-refractivity contribution in [2.45, 2.75) is 0 Å². The van der Waals surface area contributed by atoms with Gasteiger partial charge < -0.3 is 20.3 Å². The Labute approximate surface area is 137 Å². The quantitative estimate of drug-likeness (QED) is 0.378. The maximum Gasteiger partial charge on any atom is 0.183 e. The molecule has 23 heavy (non-hydrogen) atoms. The molecule has 0 aliphatic heterocycles. The van der Waals surface area contributed by atoms with Crippen LogP contribution in [0.5, 0.6) is 11.5 Å². The fourth-order valence-electron chi connectivity index (χ4n) is 2.03.